The first-order chi connectivity index (χ1) is 13.1. The first kappa shape index (κ1) is 21.5. The van der Waals surface area contributed by atoms with Crippen LogP contribution in [0.4, 0.5) is 0 Å². The smallest absolute Gasteiger partial charge is 0.191 e. The topological polar surface area (TPSA) is 58.1 Å². The fourth-order valence-corrected chi connectivity index (χ4v) is 3.06. The largest absolute Gasteiger partial charge is 0.489 e. The van der Waals surface area contributed by atoms with Gasteiger partial charge >= 0.3 is 0 Å². The molecule has 0 spiro atoms. The van der Waals surface area contributed by atoms with E-state index in [-0.39, 0.29) is 6.10 Å². The molecular formula is C21H36N4O2. The van der Waals surface area contributed by atoms with Gasteiger partial charge < -0.3 is 20.1 Å². The van der Waals surface area contributed by atoms with E-state index >= 15 is 0 Å². The van der Waals surface area contributed by atoms with Crippen LogP contribution in [0, 0.1) is 12.8 Å². The zero-order chi connectivity index (χ0) is 19.5. The van der Waals surface area contributed by atoms with E-state index in [9.17, 15) is 0 Å². The summed E-state index contributed by atoms with van der Waals surface area (Å²) in [4.78, 5) is 7.22. The maximum atomic E-state index is 6.04. The molecule has 1 aliphatic rings. The van der Waals surface area contributed by atoms with Crippen LogP contribution in [0.15, 0.2) is 29.3 Å². The Bertz CT molecular complexity index is 573. The van der Waals surface area contributed by atoms with Gasteiger partial charge in [0, 0.05) is 32.7 Å². The summed E-state index contributed by atoms with van der Waals surface area (Å²) in [7, 11) is 0. The van der Waals surface area contributed by atoms with Crippen LogP contribution < -0.4 is 15.4 Å². The van der Waals surface area contributed by atoms with Crippen LogP contribution in [-0.4, -0.2) is 69.4 Å². The van der Waals surface area contributed by atoms with E-state index in [4.69, 9.17) is 14.5 Å². The summed E-state index contributed by atoms with van der Waals surface area (Å²) in [5.74, 6) is 2.30. The van der Waals surface area contributed by atoms with E-state index in [0.717, 1.165) is 63.2 Å². The summed E-state index contributed by atoms with van der Waals surface area (Å²) >= 11 is 0. The molecule has 1 fully saturated rings. The number of ether oxygens (including phenoxy) is 2. The van der Waals surface area contributed by atoms with Gasteiger partial charge in [0.1, 0.15) is 11.9 Å². The predicted molar refractivity (Wildman–Crippen MR) is 112 cm³/mol. The molecule has 2 atom stereocenters. The molecule has 1 aromatic rings. The lowest BCUT2D eigenvalue weighted by molar-refractivity contribution is 0.0323. The second-order valence-corrected chi connectivity index (χ2v) is 7.31. The lowest BCUT2D eigenvalue weighted by Gasteiger charge is -2.28. The Morgan fingerprint density at radius 2 is 1.96 bits per heavy atom. The van der Waals surface area contributed by atoms with Gasteiger partial charge in [0.05, 0.1) is 19.8 Å². The average Bonchev–Trinajstić information content (AvgIpc) is 2.66. The van der Waals surface area contributed by atoms with Gasteiger partial charge in [-0.15, -0.1) is 0 Å². The molecule has 0 aliphatic carbocycles. The highest BCUT2D eigenvalue weighted by molar-refractivity contribution is 5.79. The summed E-state index contributed by atoms with van der Waals surface area (Å²) in [6, 6.07) is 8.11. The second-order valence-electron chi connectivity index (χ2n) is 7.31. The fourth-order valence-electron chi connectivity index (χ4n) is 3.06. The van der Waals surface area contributed by atoms with Crippen LogP contribution in [0.25, 0.3) is 0 Å². The quantitative estimate of drug-likeness (QED) is 0.512. The molecule has 6 heteroatoms. The molecule has 0 aromatic heterocycles. The Labute approximate surface area is 164 Å². The van der Waals surface area contributed by atoms with Crippen LogP contribution >= 0.6 is 0 Å². The number of nitrogens with zero attached hydrogens (tertiary/aromatic N) is 2. The molecule has 0 saturated carbocycles. The molecule has 0 amide bonds. The summed E-state index contributed by atoms with van der Waals surface area (Å²) in [6.07, 6.45) is 0.0562. The molecule has 6 nitrogen and oxygen atoms in total. The molecule has 152 valence electrons. The van der Waals surface area contributed by atoms with E-state index in [1.54, 1.807) is 0 Å². The van der Waals surface area contributed by atoms with E-state index in [1.807, 2.05) is 18.2 Å². The van der Waals surface area contributed by atoms with Gasteiger partial charge in [-0.1, -0.05) is 25.1 Å². The summed E-state index contributed by atoms with van der Waals surface area (Å²) in [6.45, 7) is 15.7. The van der Waals surface area contributed by atoms with Crippen LogP contribution in [0.2, 0.25) is 0 Å². The lowest BCUT2D eigenvalue weighted by atomic mass is 10.1. The SMILES string of the molecule is CCNC(=NCC(C)CN1CCOCC1)NCC(C)Oc1ccccc1C. The van der Waals surface area contributed by atoms with E-state index in [2.05, 4.69) is 49.3 Å². The Morgan fingerprint density at radius 3 is 2.67 bits per heavy atom. The molecule has 1 saturated heterocycles. The van der Waals surface area contributed by atoms with Crippen LogP contribution in [-0.2, 0) is 4.74 Å². The van der Waals surface area contributed by atoms with Gasteiger partial charge in [0.25, 0.3) is 0 Å². The second kappa shape index (κ2) is 11.8. The van der Waals surface area contributed by atoms with Gasteiger partial charge in [0.2, 0.25) is 0 Å². The zero-order valence-corrected chi connectivity index (χ0v) is 17.3. The predicted octanol–water partition coefficient (Wildman–Crippen LogP) is 2.29. The van der Waals surface area contributed by atoms with Crippen molar-refractivity contribution in [2.24, 2.45) is 10.9 Å². The highest BCUT2D eigenvalue weighted by Gasteiger charge is 2.14. The molecule has 2 unspecified atom stereocenters. The van der Waals surface area contributed by atoms with Crippen molar-refractivity contribution in [1.82, 2.24) is 15.5 Å². The van der Waals surface area contributed by atoms with Crippen LogP contribution in [0.5, 0.6) is 5.75 Å². The number of hydrogen-bond donors (Lipinski definition) is 2. The third-order valence-corrected chi connectivity index (χ3v) is 4.56. The Morgan fingerprint density at radius 1 is 1.22 bits per heavy atom. The number of aryl methyl sites for hydroxylation is 1. The van der Waals surface area contributed by atoms with Crippen LogP contribution in [0.1, 0.15) is 26.3 Å². The zero-order valence-electron chi connectivity index (χ0n) is 17.3. The average molecular weight is 377 g/mol. The minimum absolute atomic E-state index is 0.0562. The number of nitrogens with one attached hydrogen (secondary N) is 2. The highest BCUT2D eigenvalue weighted by Crippen LogP contribution is 2.17. The lowest BCUT2D eigenvalue weighted by Crippen LogP contribution is -2.42. The number of hydrogen-bond acceptors (Lipinski definition) is 4. The van der Waals surface area contributed by atoms with Gasteiger partial charge in [-0.05, 0) is 38.3 Å². The normalized spacial score (nSPS) is 18.0. The molecule has 1 aromatic carbocycles. The standard InChI is InChI=1S/C21H36N4O2/c1-5-22-21(23-14-17(2)16-25-10-12-26-13-11-25)24-15-19(4)27-20-9-7-6-8-18(20)3/h6-9,17,19H,5,10-16H2,1-4H3,(H2,22,23,24). The van der Waals surface area contributed by atoms with Crippen molar-refractivity contribution in [2.45, 2.75) is 33.8 Å². The van der Waals surface area contributed by atoms with Gasteiger partial charge in [-0.3, -0.25) is 9.89 Å². The Hall–Kier alpha value is -1.79. The number of aliphatic imine (C=N–C) groups is 1. The van der Waals surface area contributed by atoms with Crippen molar-refractivity contribution in [3.63, 3.8) is 0 Å². The first-order valence-corrected chi connectivity index (χ1v) is 10.1. The van der Waals surface area contributed by atoms with E-state index in [1.165, 1.54) is 0 Å². The van der Waals surface area contributed by atoms with E-state index < -0.39 is 0 Å². The van der Waals surface area contributed by atoms with Crippen molar-refractivity contribution in [3.05, 3.63) is 29.8 Å². The summed E-state index contributed by atoms with van der Waals surface area (Å²) < 4.78 is 11.5. The van der Waals surface area contributed by atoms with Gasteiger partial charge in [0.15, 0.2) is 5.96 Å². The van der Waals surface area contributed by atoms with Crippen molar-refractivity contribution < 1.29 is 9.47 Å². The van der Waals surface area contributed by atoms with Crippen LogP contribution in [0.3, 0.4) is 0 Å². The van der Waals surface area contributed by atoms with Crippen molar-refractivity contribution >= 4 is 5.96 Å². The number of para-hydroxylation sites is 1. The summed E-state index contributed by atoms with van der Waals surface area (Å²) in [5, 5.41) is 6.72. The maximum absolute atomic E-state index is 6.04. The number of rotatable bonds is 9. The molecule has 1 heterocycles. The highest BCUT2D eigenvalue weighted by atomic mass is 16.5. The summed E-state index contributed by atoms with van der Waals surface area (Å²) in [5.41, 5.74) is 1.15. The molecule has 1 aliphatic heterocycles. The molecular weight excluding hydrogens is 340 g/mol. The monoisotopic (exact) mass is 376 g/mol. The van der Waals surface area contributed by atoms with Crippen molar-refractivity contribution in [2.75, 3.05) is 52.5 Å². The molecule has 27 heavy (non-hydrogen) atoms. The van der Waals surface area contributed by atoms with Gasteiger partial charge in [-0.25, -0.2) is 0 Å². The van der Waals surface area contributed by atoms with Crippen molar-refractivity contribution in [1.29, 1.82) is 0 Å². The molecule has 0 bridgehead atoms. The third kappa shape index (κ3) is 8.18. The number of morpholine rings is 1. The van der Waals surface area contributed by atoms with Gasteiger partial charge in [-0.2, -0.15) is 0 Å². The number of benzene rings is 1. The minimum Gasteiger partial charge on any atom is -0.489 e. The number of guanidine groups is 1. The minimum atomic E-state index is 0.0562. The molecule has 2 rings (SSSR count). The molecule has 2 N–H and O–H groups in total. The fraction of sp³-hybridized carbons (Fsp3) is 0.667. The molecule has 0 radical (unpaired) electrons. The Kier molecular flexibility index (Phi) is 9.42. The Balaban J connectivity index is 1.77. The van der Waals surface area contributed by atoms with E-state index in [0.29, 0.717) is 12.5 Å². The van der Waals surface area contributed by atoms with Crippen molar-refractivity contribution in [3.8, 4) is 5.75 Å². The maximum Gasteiger partial charge on any atom is 0.191 e. The first-order valence-electron chi connectivity index (χ1n) is 10.1. The third-order valence-electron chi connectivity index (χ3n) is 4.56.